The van der Waals surface area contributed by atoms with Gasteiger partial charge in [0.1, 0.15) is 11.6 Å². The van der Waals surface area contributed by atoms with Crippen molar-refractivity contribution < 1.29 is 4.39 Å². The number of hydrogen-bond donors (Lipinski definition) is 2. The van der Waals surface area contributed by atoms with Crippen LogP contribution in [0, 0.1) is 12.7 Å². The van der Waals surface area contributed by atoms with Gasteiger partial charge in [0.05, 0.1) is 4.47 Å². The molecule has 0 bridgehead atoms. The Morgan fingerprint density at radius 1 is 1.32 bits per heavy atom. The minimum absolute atomic E-state index is 0.283. The van der Waals surface area contributed by atoms with E-state index in [0.29, 0.717) is 4.47 Å². The second-order valence-corrected chi connectivity index (χ2v) is 5.02. The van der Waals surface area contributed by atoms with E-state index < -0.39 is 0 Å². The van der Waals surface area contributed by atoms with Gasteiger partial charge in [0.2, 0.25) is 0 Å². The third-order valence-corrected chi connectivity index (χ3v) is 3.27. The number of anilines is 3. The van der Waals surface area contributed by atoms with Gasteiger partial charge in [-0.2, -0.15) is 0 Å². The molecule has 1 aromatic heterocycles. The van der Waals surface area contributed by atoms with Crippen LogP contribution in [0.25, 0.3) is 0 Å². The second kappa shape index (κ2) is 6.02. The Labute approximate surface area is 120 Å². The van der Waals surface area contributed by atoms with Crippen LogP contribution in [0.15, 0.2) is 34.9 Å². The summed E-state index contributed by atoms with van der Waals surface area (Å²) < 4.78 is 14.0. The summed E-state index contributed by atoms with van der Waals surface area (Å²) in [6.07, 6.45) is 1.71. The maximum absolute atomic E-state index is 13.6. The summed E-state index contributed by atoms with van der Waals surface area (Å²) in [5.74, 6) is 0.511. The highest BCUT2D eigenvalue weighted by Crippen LogP contribution is 2.27. The van der Waals surface area contributed by atoms with E-state index in [-0.39, 0.29) is 5.82 Å². The molecule has 0 aliphatic carbocycles. The molecule has 1 heterocycles. The first-order valence-electron chi connectivity index (χ1n) is 6.02. The molecule has 0 saturated heterocycles. The lowest BCUT2D eigenvalue weighted by Gasteiger charge is -2.11. The number of nitrogens with zero attached hydrogens (tertiary/aromatic N) is 1. The van der Waals surface area contributed by atoms with E-state index in [1.165, 1.54) is 6.07 Å². The zero-order valence-corrected chi connectivity index (χ0v) is 12.4. The number of aromatic nitrogens is 1. The van der Waals surface area contributed by atoms with Crippen LogP contribution in [-0.4, -0.2) is 11.5 Å². The molecule has 2 N–H and O–H groups in total. The molecule has 100 valence electrons. The first kappa shape index (κ1) is 13.8. The van der Waals surface area contributed by atoms with Gasteiger partial charge in [-0.1, -0.05) is 0 Å². The van der Waals surface area contributed by atoms with Gasteiger partial charge in [-0.05, 0) is 53.5 Å². The fourth-order valence-electron chi connectivity index (χ4n) is 1.72. The third-order valence-electron chi connectivity index (χ3n) is 2.66. The Morgan fingerprint density at radius 3 is 2.84 bits per heavy atom. The molecule has 19 heavy (non-hydrogen) atoms. The Balaban J connectivity index is 2.25. The average molecular weight is 324 g/mol. The number of nitrogens with one attached hydrogen (secondary N) is 2. The van der Waals surface area contributed by atoms with Crippen molar-refractivity contribution in [3.05, 3.63) is 46.3 Å². The lowest BCUT2D eigenvalue weighted by atomic mass is 10.2. The Bertz CT molecular complexity index is 587. The third kappa shape index (κ3) is 3.44. The number of aryl methyl sites for hydroxylation is 1. The minimum Gasteiger partial charge on any atom is -0.370 e. The lowest BCUT2D eigenvalue weighted by Crippen LogP contribution is -2.00. The van der Waals surface area contributed by atoms with Crippen molar-refractivity contribution in [3.63, 3.8) is 0 Å². The van der Waals surface area contributed by atoms with Crippen LogP contribution in [0.1, 0.15) is 12.5 Å². The largest absolute Gasteiger partial charge is 0.370 e. The molecular weight excluding hydrogens is 309 g/mol. The molecule has 0 amide bonds. The highest BCUT2D eigenvalue weighted by molar-refractivity contribution is 9.10. The number of halogens is 2. The van der Waals surface area contributed by atoms with E-state index in [1.807, 2.05) is 26.0 Å². The molecule has 0 radical (unpaired) electrons. The summed E-state index contributed by atoms with van der Waals surface area (Å²) in [6, 6.07) is 6.97. The van der Waals surface area contributed by atoms with Crippen molar-refractivity contribution in [2.24, 2.45) is 0 Å². The summed E-state index contributed by atoms with van der Waals surface area (Å²) >= 11 is 3.17. The Hall–Kier alpha value is -1.62. The molecule has 0 aliphatic heterocycles. The van der Waals surface area contributed by atoms with E-state index in [2.05, 4.69) is 31.5 Å². The first-order valence-corrected chi connectivity index (χ1v) is 6.82. The van der Waals surface area contributed by atoms with E-state index in [4.69, 9.17) is 0 Å². The molecule has 2 rings (SSSR count). The molecule has 2 aromatic rings. The second-order valence-electron chi connectivity index (χ2n) is 4.17. The molecule has 5 heteroatoms. The van der Waals surface area contributed by atoms with Gasteiger partial charge < -0.3 is 10.6 Å². The van der Waals surface area contributed by atoms with Gasteiger partial charge in [0, 0.05) is 30.2 Å². The van der Waals surface area contributed by atoms with Crippen LogP contribution in [0.3, 0.4) is 0 Å². The number of benzene rings is 1. The molecule has 0 unspecified atom stereocenters. The van der Waals surface area contributed by atoms with Crippen LogP contribution >= 0.6 is 15.9 Å². The van der Waals surface area contributed by atoms with Gasteiger partial charge in [-0.3, -0.25) is 0 Å². The van der Waals surface area contributed by atoms with Gasteiger partial charge in [-0.15, -0.1) is 0 Å². The standard InChI is InChI=1S/C14H15BrFN3/c1-3-17-14-7-10(4-5-18-14)19-13-8-12(16)11(15)6-9(13)2/h4-8H,3H2,1-2H3,(H2,17,18,19). The van der Waals surface area contributed by atoms with Crippen LogP contribution in [0.4, 0.5) is 21.6 Å². The van der Waals surface area contributed by atoms with Gasteiger partial charge in [0.25, 0.3) is 0 Å². The van der Waals surface area contributed by atoms with Crippen LogP contribution in [0.2, 0.25) is 0 Å². The smallest absolute Gasteiger partial charge is 0.139 e. The minimum atomic E-state index is -0.283. The predicted octanol–water partition coefficient (Wildman–Crippen LogP) is 4.47. The average Bonchev–Trinajstić information content (AvgIpc) is 2.37. The number of hydrogen-bond acceptors (Lipinski definition) is 3. The predicted molar refractivity (Wildman–Crippen MR) is 80.5 cm³/mol. The summed E-state index contributed by atoms with van der Waals surface area (Å²) in [4.78, 5) is 4.19. The molecule has 0 saturated carbocycles. The van der Waals surface area contributed by atoms with Crippen molar-refractivity contribution in [2.45, 2.75) is 13.8 Å². The van der Waals surface area contributed by atoms with Crippen molar-refractivity contribution in [2.75, 3.05) is 17.2 Å². The Morgan fingerprint density at radius 2 is 2.11 bits per heavy atom. The number of pyridine rings is 1. The van der Waals surface area contributed by atoms with E-state index in [9.17, 15) is 4.39 Å². The van der Waals surface area contributed by atoms with Gasteiger partial charge >= 0.3 is 0 Å². The Kier molecular flexibility index (Phi) is 4.37. The van der Waals surface area contributed by atoms with Crippen molar-refractivity contribution in [3.8, 4) is 0 Å². The van der Waals surface area contributed by atoms with Crippen molar-refractivity contribution in [1.29, 1.82) is 0 Å². The highest BCUT2D eigenvalue weighted by atomic mass is 79.9. The van der Waals surface area contributed by atoms with Crippen molar-refractivity contribution in [1.82, 2.24) is 4.98 Å². The fourth-order valence-corrected chi connectivity index (χ4v) is 2.18. The first-order chi connectivity index (χ1) is 9.10. The van der Waals surface area contributed by atoms with Crippen LogP contribution in [-0.2, 0) is 0 Å². The maximum Gasteiger partial charge on any atom is 0.139 e. The van der Waals surface area contributed by atoms with Gasteiger partial charge in [-0.25, -0.2) is 9.37 Å². The maximum atomic E-state index is 13.6. The zero-order valence-electron chi connectivity index (χ0n) is 10.8. The SMILES string of the molecule is CCNc1cc(Nc2cc(F)c(Br)cc2C)ccn1. The summed E-state index contributed by atoms with van der Waals surface area (Å²) in [5, 5.41) is 6.33. The highest BCUT2D eigenvalue weighted by Gasteiger charge is 2.06. The molecular formula is C14H15BrFN3. The molecule has 0 aliphatic rings. The normalized spacial score (nSPS) is 10.3. The molecule has 3 nitrogen and oxygen atoms in total. The van der Waals surface area contributed by atoms with Crippen LogP contribution < -0.4 is 10.6 Å². The van der Waals surface area contributed by atoms with E-state index >= 15 is 0 Å². The fraction of sp³-hybridized carbons (Fsp3) is 0.214. The van der Waals surface area contributed by atoms with Crippen molar-refractivity contribution >= 4 is 33.1 Å². The molecule has 1 aromatic carbocycles. The summed E-state index contributed by atoms with van der Waals surface area (Å²) in [5.41, 5.74) is 2.58. The van der Waals surface area contributed by atoms with E-state index in [0.717, 1.165) is 29.3 Å². The molecule has 0 spiro atoms. The van der Waals surface area contributed by atoms with Crippen LogP contribution in [0.5, 0.6) is 0 Å². The monoisotopic (exact) mass is 323 g/mol. The lowest BCUT2D eigenvalue weighted by molar-refractivity contribution is 0.621. The molecule has 0 fully saturated rings. The quantitative estimate of drug-likeness (QED) is 0.871. The molecule has 0 atom stereocenters. The topological polar surface area (TPSA) is 37.0 Å². The number of rotatable bonds is 4. The zero-order chi connectivity index (χ0) is 13.8. The van der Waals surface area contributed by atoms with E-state index in [1.54, 1.807) is 12.3 Å². The summed E-state index contributed by atoms with van der Waals surface area (Å²) in [7, 11) is 0. The summed E-state index contributed by atoms with van der Waals surface area (Å²) in [6.45, 7) is 4.75. The van der Waals surface area contributed by atoms with Gasteiger partial charge in [0.15, 0.2) is 0 Å².